The van der Waals surface area contributed by atoms with Gasteiger partial charge in [0, 0.05) is 24.2 Å². The molecular weight excluding hydrogens is 338 g/mol. The van der Waals surface area contributed by atoms with E-state index in [0.717, 1.165) is 24.3 Å². The number of hydrogen-bond acceptors (Lipinski definition) is 4. The van der Waals surface area contributed by atoms with Gasteiger partial charge in [0.1, 0.15) is 11.9 Å². The normalized spacial score (nSPS) is 11.9. The third kappa shape index (κ3) is 5.55. The molecule has 4 nitrogen and oxygen atoms in total. The first-order valence-electron chi connectivity index (χ1n) is 8.41. The third-order valence-corrected chi connectivity index (χ3v) is 4.34. The molecule has 0 aliphatic rings. The molecule has 0 radical (unpaired) electrons. The van der Waals surface area contributed by atoms with Gasteiger partial charge in [0.25, 0.3) is 0 Å². The highest BCUT2D eigenvalue weighted by Crippen LogP contribution is 2.33. The van der Waals surface area contributed by atoms with Crippen molar-refractivity contribution in [3.05, 3.63) is 52.5 Å². The minimum atomic E-state index is 0.0979. The number of hydrogen-bond donors (Lipinski definition) is 1. The molecule has 0 saturated carbocycles. The van der Waals surface area contributed by atoms with E-state index in [1.54, 1.807) is 20.3 Å². The molecule has 0 aliphatic carbocycles. The highest BCUT2D eigenvalue weighted by Gasteiger charge is 2.12. The molecule has 0 aromatic heterocycles. The molecule has 5 heteroatoms. The molecule has 1 atom stereocenters. The van der Waals surface area contributed by atoms with E-state index in [-0.39, 0.29) is 6.10 Å². The van der Waals surface area contributed by atoms with Gasteiger partial charge in [-0.1, -0.05) is 30.7 Å². The summed E-state index contributed by atoms with van der Waals surface area (Å²) in [5.41, 5.74) is 2.15. The van der Waals surface area contributed by atoms with Crippen LogP contribution in [0.1, 0.15) is 24.5 Å². The lowest BCUT2D eigenvalue weighted by molar-refractivity contribution is 0.193. The van der Waals surface area contributed by atoms with Gasteiger partial charge in [-0.25, -0.2) is 0 Å². The van der Waals surface area contributed by atoms with Gasteiger partial charge in [-0.15, -0.1) is 0 Å². The van der Waals surface area contributed by atoms with E-state index in [1.165, 1.54) is 5.56 Å². The van der Waals surface area contributed by atoms with Crippen LogP contribution in [0, 0.1) is 6.92 Å². The summed E-state index contributed by atoms with van der Waals surface area (Å²) in [6, 6.07) is 11.8. The zero-order valence-electron chi connectivity index (χ0n) is 15.3. The Kier molecular flexibility index (Phi) is 7.41. The first kappa shape index (κ1) is 19.4. The second kappa shape index (κ2) is 9.54. The summed E-state index contributed by atoms with van der Waals surface area (Å²) in [6.07, 6.45) is 1.02. The number of ether oxygens (including phenoxy) is 3. The maximum atomic E-state index is 6.33. The number of halogens is 1. The molecule has 0 amide bonds. The maximum Gasteiger partial charge on any atom is 0.162 e. The van der Waals surface area contributed by atoms with E-state index in [9.17, 15) is 0 Å². The fourth-order valence-electron chi connectivity index (χ4n) is 2.55. The molecule has 0 heterocycles. The van der Waals surface area contributed by atoms with Gasteiger partial charge < -0.3 is 19.5 Å². The van der Waals surface area contributed by atoms with Crippen LogP contribution in [0.3, 0.4) is 0 Å². The SMILES string of the molecule is CCC(CNCc1cc(OC)c(OC)cc1Cl)Oc1cccc(C)c1. The molecule has 2 aromatic carbocycles. The predicted octanol–water partition coefficient (Wildman–Crippen LogP) is 4.61. The van der Waals surface area contributed by atoms with Gasteiger partial charge in [-0.05, 0) is 42.7 Å². The Hall–Kier alpha value is -1.91. The lowest BCUT2D eigenvalue weighted by Crippen LogP contribution is -2.30. The van der Waals surface area contributed by atoms with Crippen molar-refractivity contribution >= 4 is 11.6 Å². The molecule has 0 bridgehead atoms. The van der Waals surface area contributed by atoms with Crippen LogP contribution in [0.5, 0.6) is 17.2 Å². The molecule has 0 fully saturated rings. The smallest absolute Gasteiger partial charge is 0.162 e. The quantitative estimate of drug-likeness (QED) is 0.706. The van der Waals surface area contributed by atoms with E-state index >= 15 is 0 Å². The molecule has 0 spiro atoms. The van der Waals surface area contributed by atoms with Gasteiger partial charge in [0.15, 0.2) is 11.5 Å². The predicted molar refractivity (Wildman–Crippen MR) is 102 cm³/mol. The number of nitrogens with one attached hydrogen (secondary N) is 1. The molecule has 136 valence electrons. The van der Waals surface area contributed by atoms with Crippen molar-refractivity contribution in [2.75, 3.05) is 20.8 Å². The Bertz CT molecular complexity index is 691. The van der Waals surface area contributed by atoms with Gasteiger partial charge in [-0.2, -0.15) is 0 Å². The van der Waals surface area contributed by atoms with E-state index in [4.69, 9.17) is 25.8 Å². The fraction of sp³-hybridized carbons (Fsp3) is 0.400. The zero-order valence-corrected chi connectivity index (χ0v) is 16.0. The standard InChI is InChI=1S/C20H26ClNO3/c1-5-16(25-17-8-6-7-14(2)9-17)13-22-12-15-10-19(23-3)20(24-4)11-18(15)21/h6-11,16,22H,5,12-13H2,1-4H3. The molecule has 25 heavy (non-hydrogen) atoms. The number of aryl methyl sites for hydroxylation is 1. The van der Waals surface area contributed by atoms with Crippen LogP contribution >= 0.6 is 11.6 Å². The topological polar surface area (TPSA) is 39.7 Å². The zero-order chi connectivity index (χ0) is 18.2. The minimum Gasteiger partial charge on any atom is -0.493 e. The average Bonchev–Trinajstić information content (AvgIpc) is 2.61. The van der Waals surface area contributed by atoms with Crippen molar-refractivity contribution in [2.24, 2.45) is 0 Å². The first-order chi connectivity index (χ1) is 12.1. The van der Waals surface area contributed by atoms with Crippen molar-refractivity contribution in [1.82, 2.24) is 5.32 Å². The maximum absolute atomic E-state index is 6.33. The van der Waals surface area contributed by atoms with Crippen molar-refractivity contribution < 1.29 is 14.2 Å². The summed E-state index contributed by atoms with van der Waals surface area (Å²) in [5, 5.41) is 4.06. The Morgan fingerprint density at radius 3 is 2.44 bits per heavy atom. The van der Waals surface area contributed by atoms with Gasteiger partial charge >= 0.3 is 0 Å². The van der Waals surface area contributed by atoms with Crippen molar-refractivity contribution in [1.29, 1.82) is 0 Å². The Morgan fingerprint density at radius 1 is 1.08 bits per heavy atom. The van der Waals surface area contributed by atoms with E-state index in [0.29, 0.717) is 23.1 Å². The molecule has 0 aliphatic heterocycles. The van der Waals surface area contributed by atoms with Crippen LogP contribution in [-0.2, 0) is 6.54 Å². The number of rotatable bonds is 9. The summed E-state index contributed by atoms with van der Waals surface area (Å²) >= 11 is 6.33. The van der Waals surface area contributed by atoms with Crippen molar-refractivity contribution in [3.63, 3.8) is 0 Å². The second-order valence-electron chi connectivity index (χ2n) is 5.89. The largest absolute Gasteiger partial charge is 0.493 e. The molecule has 2 rings (SSSR count). The van der Waals surface area contributed by atoms with E-state index in [1.807, 2.05) is 24.3 Å². The Morgan fingerprint density at radius 2 is 1.80 bits per heavy atom. The molecular formula is C20H26ClNO3. The highest BCUT2D eigenvalue weighted by atomic mass is 35.5. The average molecular weight is 364 g/mol. The summed E-state index contributed by atoms with van der Waals surface area (Å²) in [4.78, 5) is 0. The fourth-order valence-corrected chi connectivity index (χ4v) is 2.77. The van der Waals surface area contributed by atoms with Crippen LogP contribution in [0.4, 0.5) is 0 Å². The summed E-state index contributed by atoms with van der Waals surface area (Å²) in [6.45, 7) is 5.54. The van der Waals surface area contributed by atoms with E-state index < -0.39 is 0 Å². The van der Waals surface area contributed by atoms with Crippen LogP contribution in [-0.4, -0.2) is 26.9 Å². The van der Waals surface area contributed by atoms with Crippen LogP contribution in [0.2, 0.25) is 5.02 Å². The molecule has 2 aromatic rings. The Balaban J connectivity index is 1.94. The lowest BCUT2D eigenvalue weighted by atomic mass is 10.2. The van der Waals surface area contributed by atoms with Crippen LogP contribution in [0.15, 0.2) is 36.4 Å². The summed E-state index contributed by atoms with van der Waals surface area (Å²) < 4.78 is 16.6. The molecule has 0 saturated heterocycles. The molecule has 1 N–H and O–H groups in total. The van der Waals surface area contributed by atoms with Crippen LogP contribution < -0.4 is 19.5 Å². The van der Waals surface area contributed by atoms with E-state index in [2.05, 4.69) is 25.2 Å². The number of benzene rings is 2. The van der Waals surface area contributed by atoms with Gasteiger partial charge in [-0.3, -0.25) is 0 Å². The summed E-state index contributed by atoms with van der Waals surface area (Å²) in [7, 11) is 3.21. The van der Waals surface area contributed by atoms with Gasteiger partial charge in [0.2, 0.25) is 0 Å². The van der Waals surface area contributed by atoms with Crippen LogP contribution in [0.25, 0.3) is 0 Å². The first-order valence-corrected chi connectivity index (χ1v) is 8.79. The van der Waals surface area contributed by atoms with Crippen molar-refractivity contribution in [3.8, 4) is 17.2 Å². The monoisotopic (exact) mass is 363 g/mol. The highest BCUT2D eigenvalue weighted by molar-refractivity contribution is 6.31. The minimum absolute atomic E-state index is 0.0979. The van der Waals surface area contributed by atoms with Crippen molar-refractivity contribution in [2.45, 2.75) is 32.9 Å². The lowest BCUT2D eigenvalue weighted by Gasteiger charge is -2.19. The second-order valence-corrected chi connectivity index (χ2v) is 6.30. The van der Waals surface area contributed by atoms with Gasteiger partial charge in [0.05, 0.1) is 14.2 Å². The Labute approximate surface area is 155 Å². The summed E-state index contributed by atoms with van der Waals surface area (Å²) in [5.74, 6) is 2.20. The third-order valence-electron chi connectivity index (χ3n) is 3.99. The molecule has 1 unspecified atom stereocenters. The number of methoxy groups -OCH3 is 2.